The van der Waals surface area contributed by atoms with E-state index in [1.165, 1.54) is 28.8 Å². The molecule has 2 aromatic rings. The number of ether oxygens (including phenoxy) is 1. The van der Waals surface area contributed by atoms with Gasteiger partial charge in [0.25, 0.3) is 11.2 Å². The van der Waals surface area contributed by atoms with E-state index < -0.39 is 4.92 Å². The third kappa shape index (κ3) is 3.67. The van der Waals surface area contributed by atoms with Crippen molar-refractivity contribution in [2.45, 2.75) is 13.2 Å². The molecule has 0 unspecified atom stereocenters. The summed E-state index contributed by atoms with van der Waals surface area (Å²) in [5.74, 6) is 0.368. The lowest BCUT2D eigenvalue weighted by Crippen LogP contribution is -2.21. The number of aliphatic hydroxyl groups is 1. The highest BCUT2D eigenvalue weighted by Gasteiger charge is 2.11. The lowest BCUT2D eigenvalue weighted by molar-refractivity contribution is -0.385. The van der Waals surface area contributed by atoms with Crippen LogP contribution >= 0.6 is 0 Å². The molecule has 0 radical (unpaired) electrons. The van der Waals surface area contributed by atoms with E-state index in [-0.39, 0.29) is 24.5 Å². The summed E-state index contributed by atoms with van der Waals surface area (Å²) in [7, 11) is 0. The first-order chi connectivity index (χ1) is 10.1. The Kier molecular flexibility index (Phi) is 4.68. The van der Waals surface area contributed by atoms with Crippen molar-refractivity contribution >= 4 is 5.69 Å². The van der Waals surface area contributed by atoms with Gasteiger partial charge in [0.1, 0.15) is 12.4 Å². The molecule has 0 aliphatic rings. The molecule has 2 rings (SSSR count). The van der Waals surface area contributed by atoms with Gasteiger partial charge in [-0.25, -0.2) is 0 Å². The van der Waals surface area contributed by atoms with Crippen LogP contribution in [0.3, 0.4) is 0 Å². The van der Waals surface area contributed by atoms with Crippen LogP contribution in [0.4, 0.5) is 5.69 Å². The Labute approximate surface area is 120 Å². The van der Waals surface area contributed by atoms with Crippen LogP contribution in [0.15, 0.2) is 47.4 Å². The summed E-state index contributed by atoms with van der Waals surface area (Å²) in [4.78, 5) is 21.6. The van der Waals surface area contributed by atoms with E-state index in [0.29, 0.717) is 17.9 Å². The summed E-state index contributed by atoms with van der Waals surface area (Å²) in [5.41, 5.74) is 0.0995. The van der Waals surface area contributed by atoms with E-state index in [4.69, 9.17) is 4.74 Å². The summed E-state index contributed by atoms with van der Waals surface area (Å²) >= 11 is 0. The molecule has 0 saturated carbocycles. The molecule has 1 aromatic carbocycles. The predicted octanol–water partition coefficient (Wildman–Crippen LogP) is 1.33. The number of nitrogens with zero attached hydrogens (tertiary/aromatic N) is 2. The Morgan fingerprint density at radius 1 is 1.29 bits per heavy atom. The van der Waals surface area contributed by atoms with Gasteiger partial charge in [0.15, 0.2) is 0 Å². The van der Waals surface area contributed by atoms with Gasteiger partial charge in [0, 0.05) is 30.0 Å². The van der Waals surface area contributed by atoms with E-state index in [0.717, 1.165) is 0 Å². The van der Waals surface area contributed by atoms with Gasteiger partial charge in [-0.3, -0.25) is 14.9 Å². The van der Waals surface area contributed by atoms with E-state index in [1.807, 2.05) is 0 Å². The molecule has 110 valence electrons. The third-order valence-corrected chi connectivity index (χ3v) is 2.91. The number of nitro benzene ring substituents is 1. The molecule has 0 bridgehead atoms. The normalized spacial score (nSPS) is 10.3. The van der Waals surface area contributed by atoms with Gasteiger partial charge in [-0.05, 0) is 12.1 Å². The number of pyridine rings is 1. The molecule has 0 aliphatic carbocycles. The molecule has 0 fully saturated rings. The van der Waals surface area contributed by atoms with Gasteiger partial charge in [-0.1, -0.05) is 6.07 Å². The van der Waals surface area contributed by atoms with Crippen molar-refractivity contribution in [1.82, 2.24) is 4.57 Å². The van der Waals surface area contributed by atoms with E-state index in [1.54, 1.807) is 18.3 Å². The number of non-ortho nitro benzene ring substituents is 1. The molecule has 1 heterocycles. The summed E-state index contributed by atoms with van der Waals surface area (Å²) in [6, 6.07) is 8.86. The number of hydrogen-bond donors (Lipinski definition) is 1. The minimum absolute atomic E-state index is 0.106. The van der Waals surface area contributed by atoms with Crippen molar-refractivity contribution in [1.29, 1.82) is 0 Å². The Hall–Kier alpha value is -2.67. The Morgan fingerprint density at radius 2 is 2.10 bits per heavy atom. The van der Waals surface area contributed by atoms with Crippen molar-refractivity contribution < 1.29 is 14.8 Å². The van der Waals surface area contributed by atoms with E-state index in [2.05, 4.69) is 0 Å². The highest BCUT2D eigenvalue weighted by molar-refractivity contribution is 5.43. The quantitative estimate of drug-likeness (QED) is 0.639. The van der Waals surface area contributed by atoms with Crippen LogP contribution < -0.4 is 10.3 Å². The van der Waals surface area contributed by atoms with Crippen molar-refractivity contribution in [3.8, 4) is 5.75 Å². The van der Waals surface area contributed by atoms with Crippen molar-refractivity contribution in [2.75, 3.05) is 6.61 Å². The first kappa shape index (κ1) is 14.7. The number of nitro groups is 1. The fourth-order valence-corrected chi connectivity index (χ4v) is 1.84. The summed E-state index contributed by atoms with van der Waals surface area (Å²) < 4.78 is 6.97. The molecule has 7 heteroatoms. The number of benzene rings is 1. The number of aliphatic hydroxyl groups excluding tert-OH is 1. The number of rotatable bonds is 6. The van der Waals surface area contributed by atoms with Crippen LogP contribution in [-0.2, 0) is 13.2 Å². The first-order valence-electron chi connectivity index (χ1n) is 6.28. The molecule has 0 atom stereocenters. The molecule has 0 aliphatic heterocycles. The highest BCUT2D eigenvalue weighted by Crippen LogP contribution is 2.24. The fourth-order valence-electron chi connectivity index (χ4n) is 1.84. The third-order valence-electron chi connectivity index (χ3n) is 2.91. The van der Waals surface area contributed by atoms with Gasteiger partial charge in [0.2, 0.25) is 0 Å². The standard InChI is InChI=1S/C14H14N2O5/c17-10-11-9-12(16(19)20)4-5-13(11)21-8-7-15-6-2-1-3-14(15)18/h1-6,9,17H,7-8,10H2. The minimum Gasteiger partial charge on any atom is -0.491 e. The van der Waals surface area contributed by atoms with Crippen LogP contribution in [0.5, 0.6) is 5.75 Å². The SMILES string of the molecule is O=c1ccccn1CCOc1ccc([N+](=O)[O-])cc1CO. The summed E-state index contributed by atoms with van der Waals surface area (Å²) in [6.45, 7) is 0.207. The van der Waals surface area contributed by atoms with Crippen LogP contribution in [0.2, 0.25) is 0 Å². The maximum atomic E-state index is 11.5. The molecule has 0 spiro atoms. The van der Waals surface area contributed by atoms with Gasteiger partial charge in [-0.2, -0.15) is 0 Å². The number of hydrogen-bond acceptors (Lipinski definition) is 5. The monoisotopic (exact) mass is 290 g/mol. The van der Waals surface area contributed by atoms with Crippen LogP contribution in [0.1, 0.15) is 5.56 Å². The maximum Gasteiger partial charge on any atom is 0.270 e. The molecule has 0 amide bonds. The van der Waals surface area contributed by atoms with Gasteiger partial charge >= 0.3 is 0 Å². The maximum absolute atomic E-state index is 11.5. The first-order valence-corrected chi connectivity index (χ1v) is 6.28. The lowest BCUT2D eigenvalue weighted by atomic mass is 10.2. The second kappa shape index (κ2) is 6.67. The summed E-state index contributed by atoms with van der Waals surface area (Å²) in [6.07, 6.45) is 1.65. The highest BCUT2D eigenvalue weighted by atomic mass is 16.6. The summed E-state index contributed by atoms with van der Waals surface area (Å²) in [5, 5.41) is 19.9. The molecular formula is C14H14N2O5. The molecular weight excluding hydrogens is 276 g/mol. The van der Waals surface area contributed by atoms with Gasteiger partial charge in [0.05, 0.1) is 18.1 Å². The lowest BCUT2D eigenvalue weighted by Gasteiger charge is -2.11. The van der Waals surface area contributed by atoms with E-state index in [9.17, 15) is 20.0 Å². The molecule has 0 saturated heterocycles. The Balaban J connectivity index is 2.05. The predicted molar refractivity (Wildman–Crippen MR) is 75.2 cm³/mol. The fraction of sp³-hybridized carbons (Fsp3) is 0.214. The van der Waals surface area contributed by atoms with E-state index >= 15 is 0 Å². The second-order valence-corrected chi connectivity index (χ2v) is 4.29. The smallest absolute Gasteiger partial charge is 0.270 e. The van der Waals surface area contributed by atoms with Crippen LogP contribution in [0.25, 0.3) is 0 Å². The molecule has 1 N–H and O–H groups in total. The number of aromatic nitrogens is 1. The zero-order valence-corrected chi connectivity index (χ0v) is 11.1. The average Bonchev–Trinajstić information content (AvgIpc) is 2.49. The van der Waals surface area contributed by atoms with Gasteiger partial charge < -0.3 is 14.4 Å². The van der Waals surface area contributed by atoms with Crippen LogP contribution in [-0.4, -0.2) is 21.2 Å². The van der Waals surface area contributed by atoms with Gasteiger partial charge in [-0.15, -0.1) is 0 Å². The minimum atomic E-state index is -0.535. The largest absolute Gasteiger partial charge is 0.491 e. The van der Waals surface area contributed by atoms with Crippen molar-refractivity contribution in [3.05, 3.63) is 68.6 Å². The zero-order chi connectivity index (χ0) is 15.2. The topological polar surface area (TPSA) is 94.6 Å². The Morgan fingerprint density at radius 3 is 2.76 bits per heavy atom. The van der Waals surface area contributed by atoms with Crippen molar-refractivity contribution in [3.63, 3.8) is 0 Å². The molecule has 1 aromatic heterocycles. The molecule has 21 heavy (non-hydrogen) atoms. The van der Waals surface area contributed by atoms with Crippen molar-refractivity contribution in [2.24, 2.45) is 0 Å². The van der Waals surface area contributed by atoms with Crippen LogP contribution in [0, 0.1) is 10.1 Å². The molecule has 7 nitrogen and oxygen atoms in total. The average molecular weight is 290 g/mol. The second-order valence-electron chi connectivity index (χ2n) is 4.29. The zero-order valence-electron chi connectivity index (χ0n) is 11.1. The Bertz CT molecular complexity index is 696.